The number of urea groups is 1. The maximum absolute atomic E-state index is 13.0. The lowest BCUT2D eigenvalue weighted by Gasteiger charge is -2.28. The Hall–Kier alpha value is -4.43. The lowest BCUT2D eigenvalue weighted by atomic mass is 9.99. The van der Waals surface area contributed by atoms with Crippen molar-refractivity contribution >= 4 is 23.7 Å². The molecular formula is C25H24N6O5. The van der Waals surface area contributed by atoms with Crippen molar-refractivity contribution in [1.82, 2.24) is 25.4 Å². The first-order chi connectivity index (χ1) is 17.4. The van der Waals surface area contributed by atoms with E-state index in [1.165, 1.54) is 18.2 Å². The first-order valence-corrected chi connectivity index (χ1v) is 11.4. The first-order valence-electron chi connectivity index (χ1n) is 11.4. The molecule has 0 aliphatic carbocycles. The fraction of sp³-hybridized carbons (Fsp3) is 0.320. The Morgan fingerprint density at radius 2 is 2.03 bits per heavy atom. The molecule has 2 saturated heterocycles. The van der Waals surface area contributed by atoms with Gasteiger partial charge in [-0.25, -0.2) is 4.79 Å². The molecule has 5 rings (SSSR count). The van der Waals surface area contributed by atoms with Crippen LogP contribution in [0, 0.1) is 17.3 Å². The van der Waals surface area contributed by atoms with Gasteiger partial charge in [0.2, 0.25) is 5.54 Å². The highest BCUT2D eigenvalue weighted by Crippen LogP contribution is 2.28. The second-order valence-electron chi connectivity index (χ2n) is 8.63. The molecule has 1 aromatic carbocycles. The summed E-state index contributed by atoms with van der Waals surface area (Å²) in [5.74, 6) is 5.74. The molecule has 11 nitrogen and oxygen atoms in total. The van der Waals surface area contributed by atoms with E-state index in [1.54, 1.807) is 30.3 Å². The Bertz CT molecular complexity index is 1310. The molecule has 2 fully saturated rings. The minimum atomic E-state index is -1.61. The zero-order chi connectivity index (χ0) is 25.3. The Morgan fingerprint density at radius 1 is 1.22 bits per heavy atom. The van der Waals surface area contributed by atoms with Crippen LogP contribution in [0.3, 0.4) is 0 Å². The number of morpholine rings is 1. The van der Waals surface area contributed by atoms with Crippen LogP contribution in [-0.2, 0) is 16.1 Å². The van der Waals surface area contributed by atoms with E-state index in [9.17, 15) is 14.4 Å². The van der Waals surface area contributed by atoms with Gasteiger partial charge < -0.3 is 24.6 Å². The number of pyridine rings is 1. The van der Waals surface area contributed by atoms with E-state index >= 15 is 0 Å². The van der Waals surface area contributed by atoms with E-state index in [0.29, 0.717) is 54.7 Å². The summed E-state index contributed by atoms with van der Waals surface area (Å²) >= 11 is 0. The molecule has 184 valence electrons. The Morgan fingerprint density at radius 3 is 2.69 bits per heavy atom. The molecule has 0 radical (unpaired) electrons. The van der Waals surface area contributed by atoms with Crippen LogP contribution in [0.5, 0.6) is 5.75 Å². The van der Waals surface area contributed by atoms with Gasteiger partial charge in [-0.15, -0.1) is 0 Å². The lowest BCUT2D eigenvalue weighted by Crippen LogP contribution is -2.54. The maximum Gasteiger partial charge on any atom is 0.323 e. The topological polar surface area (TPSA) is 137 Å². The number of ether oxygens (including phenoxy) is 2. The molecular weight excluding hydrogens is 464 g/mol. The van der Waals surface area contributed by atoms with Gasteiger partial charge in [-0.05, 0) is 29.8 Å². The highest BCUT2D eigenvalue weighted by atomic mass is 16.5. The molecule has 4 amide bonds. The van der Waals surface area contributed by atoms with Crippen molar-refractivity contribution in [2.45, 2.75) is 12.1 Å². The van der Waals surface area contributed by atoms with E-state index in [2.05, 4.69) is 27.5 Å². The third-order valence-corrected chi connectivity index (χ3v) is 6.32. The lowest BCUT2D eigenvalue weighted by molar-refractivity contribution is -0.122. The number of methoxy groups -OCH3 is 1. The monoisotopic (exact) mass is 488 g/mol. The predicted octanol–water partition coefficient (Wildman–Crippen LogP) is 0.333. The van der Waals surface area contributed by atoms with Crippen LogP contribution in [0.15, 0.2) is 36.5 Å². The second-order valence-corrected chi connectivity index (χ2v) is 8.63. The quantitative estimate of drug-likeness (QED) is 0.244. The van der Waals surface area contributed by atoms with Gasteiger partial charge in [0, 0.05) is 37.0 Å². The van der Waals surface area contributed by atoms with Crippen molar-refractivity contribution in [1.29, 1.82) is 5.41 Å². The number of aromatic nitrogens is 1. The van der Waals surface area contributed by atoms with Gasteiger partial charge in [0.1, 0.15) is 17.3 Å². The molecule has 4 heterocycles. The predicted molar refractivity (Wildman–Crippen MR) is 127 cm³/mol. The summed E-state index contributed by atoms with van der Waals surface area (Å²) < 4.78 is 10.5. The van der Waals surface area contributed by atoms with Crippen LogP contribution in [0.4, 0.5) is 4.79 Å². The average Bonchev–Trinajstić information content (AvgIpc) is 3.36. The zero-order valence-electron chi connectivity index (χ0n) is 19.6. The number of rotatable bonds is 4. The summed E-state index contributed by atoms with van der Waals surface area (Å²) in [4.78, 5) is 45.6. The maximum atomic E-state index is 13.0. The molecule has 0 bridgehead atoms. The average molecular weight is 489 g/mol. The highest BCUT2D eigenvalue weighted by molar-refractivity contribution is 6.10. The van der Waals surface area contributed by atoms with Crippen LogP contribution in [0.1, 0.15) is 27.2 Å². The van der Waals surface area contributed by atoms with E-state index in [4.69, 9.17) is 14.9 Å². The van der Waals surface area contributed by atoms with E-state index in [0.717, 1.165) is 5.56 Å². The van der Waals surface area contributed by atoms with E-state index in [-0.39, 0.29) is 19.0 Å². The summed E-state index contributed by atoms with van der Waals surface area (Å²) in [5.41, 5.74) is 0.682. The zero-order valence-corrected chi connectivity index (χ0v) is 19.6. The van der Waals surface area contributed by atoms with Gasteiger partial charge in [0.25, 0.3) is 11.8 Å². The van der Waals surface area contributed by atoms with Crippen LogP contribution in [-0.4, -0.2) is 84.0 Å². The summed E-state index contributed by atoms with van der Waals surface area (Å²) in [5, 5.41) is 13.2. The fourth-order valence-corrected chi connectivity index (χ4v) is 4.35. The summed E-state index contributed by atoms with van der Waals surface area (Å²) in [6.45, 7) is 2.56. The molecule has 3 aliphatic heterocycles. The molecule has 0 saturated carbocycles. The molecule has 1 atom stereocenters. The van der Waals surface area contributed by atoms with Gasteiger partial charge in [-0.1, -0.05) is 17.9 Å². The van der Waals surface area contributed by atoms with Crippen molar-refractivity contribution < 1.29 is 23.9 Å². The highest BCUT2D eigenvalue weighted by Gasteiger charge is 2.48. The molecule has 2 aromatic rings. The Kier molecular flexibility index (Phi) is 6.03. The van der Waals surface area contributed by atoms with Crippen LogP contribution < -0.4 is 15.4 Å². The molecule has 36 heavy (non-hydrogen) atoms. The smallest absolute Gasteiger partial charge is 0.323 e. The number of amides is 4. The number of benzene rings is 1. The summed E-state index contributed by atoms with van der Waals surface area (Å²) in [7, 11) is 1.52. The molecule has 0 unspecified atom stereocenters. The van der Waals surface area contributed by atoms with Gasteiger partial charge in [0.05, 0.1) is 26.9 Å². The van der Waals surface area contributed by atoms with Crippen molar-refractivity contribution in [2.75, 3.05) is 40.0 Å². The number of hydrogen-bond donors (Lipinski definition) is 3. The minimum absolute atomic E-state index is 0.124. The molecule has 3 aliphatic rings. The molecule has 11 heteroatoms. The summed E-state index contributed by atoms with van der Waals surface area (Å²) in [6, 6.07) is 7.95. The van der Waals surface area contributed by atoms with Gasteiger partial charge in [0.15, 0.2) is 0 Å². The molecule has 1 aromatic heterocycles. The Labute approximate surface area is 207 Å². The van der Waals surface area contributed by atoms with E-state index in [1.807, 2.05) is 4.90 Å². The second kappa shape index (κ2) is 9.31. The van der Waals surface area contributed by atoms with Gasteiger partial charge in [-0.2, -0.15) is 0 Å². The molecule has 0 spiro atoms. The van der Waals surface area contributed by atoms with Crippen LogP contribution >= 0.6 is 0 Å². The van der Waals surface area contributed by atoms with Crippen molar-refractivity contribution in [3.63, 3.8) is 0 Å². The fourth-order valence-electron chi connectivity index (χ4n) is 4.35. The standard InChI is InChI=1S/C25H24N6O5/c1-35-18-4-3-17-14-31(22(32)19(17)12-18)15-25(23(33)28-24(34)29-25)7-6-16-2-5-20(27-13-16)21(26)30-8-10-36-11-9-30/h2-5,12-13,26H,8-11,14-15H2,1H3,(H2,28,29,33,34)/t25-/m1/s1. The number of carbonyl (C=O) groups excluding carboxylic acids is 3. The van der Waals surface area contributed by atoms with Gasteiger partial charge >= 0.3 is 6.03 Å². The number of hydrogen-bond acceptors (Lipinski definition) is 7. The number of nitrogens with zero attached hydrogens (tertiary/aromatic N) is 3. The normalized spacial score (nSPS) is 20.9. The van der Waals surface area contributed by atoms with E-state index < -0.39 is 17.5 Å². The first kappa shape index (κ1) is 23.3. The largest absolute Gasteiger partial charge is 0.497 e. The van der Waals surface area contributed by atoms with Crippen molar-refractivity contribution in [2.24, 2.45) is 0 Å². The van der Waals surface area contributed by atoms with Crippen LogP contribution in [0.25, 0.3) is 0 Å². The third kappa shape index (κ3) is 4.34. The number of nitrogens with one attached hydrogen (secondary N) is 3. The minimum Gasteiger partial charge on any atom is -0.497 e. The Balaban J connectivity index is 1.36. The van der Waals surface area contributed by atoms with Crippen molar-refractivity contribution in [3.05, 3.63) is 58.9 Å². The SMILES string of the molecule is COc1ccc2c(c1)C(=O)N(C[C@@]1(C#Cc3ccc(C(=N)N4CCOCC4)nc3)NC(=O)NC1=O)C2. The van der Waals surface area contributed by atoms with Crippen LogP contribution in [0.2, 0.25) is 0 Å². The number of fused-ring (bicyclic) bond motifs is 1. The molecule has 3 N–H and O–H groups in total. The number of imide groups is 1. The summed E-state index contributed by atoms with van der Waals surface area (Å²) in [6.07, 6.45) is 1.52. The van der Waals surface area contributed by atoms with Gasteiger partial charge in [-0.3, -0.25) is 25.3 Å². The number of carbonyl (C=O) groups is 3. The number of amidine groups is 1. The third-order valence-electron chi connectivity index (χ3n) is 6.32. The van der Waals surface area contributed by atoms with Crippen molar-refractivity contribution in [3.8, 4) is 17.6 Å².